The Morgan fingerprint density at radius 2 is 1.90 bits per heavy atom. The Kier molecular flexibility index (Phi) is 3.97. The van der Waals surface area contributed by atoms with Gasteiger partial charge < -0.3 is 5.32 Å². The van der Waals surface area contributed by atoms with Crippen LogP contribution in [0.25, 0.3) is 11.0 Å². The molecule has 1 saturated carbocycles. The molecule has 1 atom stereocenters. The van der Waals surface area contributed by atoms with E-state index in [2.05, 4.69) is 40.3 Å². The van der Waals surface area contributed by atoms with Crippen LogP contribution in [0, 0.1) is 5.92 Å². The highest BCUT2D eigenvalue weighted by atomic mass is 79.9. The highest BCUT2D eigenvalue weighted by Gasteiger charge is 2.33. The van der Waals surface area contributed by atoms with Gasteiger partial charge in [-0.1, -0.05) is 22.9 Å². The van der Waals surface area contributed by atoms with Crippen molar-refractivity contribution in [3.63, 3.8) is 0 Å². The van der Waals surface area contributed by atoms with Gasteiger partial charge >= 0.3 is 5.69 Å². The molecule has 1 aromatic carbocycles. The largest absolute Gasteiger partial charge is 0.328 e. The molecule has 5 heteroatoms. The van der Waals surface area contributed by atoms with Crippen molar-refractivity contribution in [2.45, 2.75) is 32.2 Å². The summed E-state index contributed by atoms with van der Waals surface area (Å²) < 4.78 is 4.53. The fraction of sp³-hybridized carbons (Fsp3) is 0.562. The highest BCUT2D eigenvalue weighted by molar-refractivity contribution is 9.10. The molecule has 0 radical (unpaired) electrons. The average Bonchev–Trinajstić information content (AvgIpc) is 3.28. The van der Waals surface area contributed by atoms with E-state index in [1.54, 1.807) is 9.13 Å². The van der Waals surface area contributed by atoms with Gasteiger partial charge in [0.2, 0.25) is 0 Å². The molecule has 0 bridgehead atoms. The first-order valence-corrected chi connectivity index (χ1v) is 8.42. The minimum absolute atomic E-state index is 0.0264. The van der Waals surface area contributed by atoms with Gasteiger partial charge in [-0.15, -0.1) is 0 Å². The molecule has 3 rings (SSSR count). The van der Waals surface area contributed by atoms with Crippen molar-refractivity contribution < 1.29 is 0 Å². The van der Waals surface area contributed by atoms with Crippen LogP contribution in [-0.4, -0.2) is 15.7 Å². The highest BCUT2D eigenvalue weighted by Crippen LogP contribution is 2.43. The zero-order valence-electron chi connectivity index (χ0n) is 12.8. The number of nitrogens with one attached hydrogen (secondary N) is 1. The molecule has 2 aromatic rings. The maximum absolute atomic E-state index is 12.1. The minimum Gasteiger partial charge on any atom is -0.310 e. The molecule has 1 fully saturated rings. The van der Waals surface area contributed by atoms with Crippen LogP contribution in [0.1, 0.15) is 37.8 Å². The van der Waals surface area contributed by atoms with Crippen LogP contribution in [-0.2, 0) is 14.1 Å². The Bertz CT molecular complexity index is 727. The molecular weight excluding hydrogens is 330 g/mol. The van der Waals surface area contributed by atoms with Crippen LogP contribution in [0.2, 0.25) is 0 Å². The molecule has 1 unspecified atom stereocenters. The van der Waals surface area contributed by atoms with E-state index in [-0.39, 0.29) is 5.69 Å². The predicted molar refractivity (Wildman–Crippen MR) is 89.6 cm³/mol. The van der Waals surface area contributed by atoms with Crippen LogP contribution in [0.5, 0.6) is 0 Å². The fourth-order valence-corrected chi connectivity index (χ4v) is 3.61. The Balaban J connectivity index is 2.11. The van der Waals surface area contributed by atoms with Gasteiger partial charge in [0.05, 0.1) is 11.0 Å². The number of aromatic nitrogens is 2. The molecule has 21 heavy (non-hydrogen) atoms. The summed E-state index contributed by atoms with van der Waals surface area (Å²) in [6, 6.07) is 4.64. The van der Waals surface area contributed by atoms with Crippen molar-refractivity contribution in [3.8, 4) is 0 Å². The molecule has 1 heterocycles. The van der Waals surface area contributed by atoms with Gasteiger partial charge in [-0.25, -0.2) is 4.79 Å². The SMILES string of the molecule is CCCNC(c1cc2c(cc1Br)n(C)c(=O)n2C)C1CC1. The average molecular weight is 352 g/mol. The number of nitrogens with zero attached hydrogens (tertiary/aromatic N) is 2. The van der Waals surface area contributed by atoms with Gasteiger partial charge in [0.25, 0.3) is 0 Å². The van der Waals surface area contributed by atoms with E-state index in [9.17, 15) is 4.79 Å². The first-order valence-electron chi connectivity index (χ1n) is 7.62. The molecule has 0 saturated heterocycles. The van der Waals surface area contributed by atoms with Crippen molar-refractivity contribution in [2.24, 2.45) is 20.0 Å². The summed E-state index contributed by atoms with van der Waals surface area (Å²) in [6.45, 7) is 3.22. The van der Waals surface area contributed by atoms with Crippen LogP contribution in [0.15, 0.2) is 21.4 Å². The minimum atomic E-state index is 0.0264. The van der Waals surface area contributed by atoms with Gasteiger partial charge in [-0.2, -0.15) is 0 Å². The van der Waals surface area contributed by atoms with Gasteiger partial charge in [-0.3, -0.25) is 9.13 Å². The second-order valence-corrected chi connectivity index (χ2v) is 6.89. The summed E-state index contributed by atoms with van der Waals surface area (Å²) >= 11 is 3.71. The number of fused-ring (bicyclic) bond motifs is 1. The number of imidazole rings is 1. The summed E-state index contributed by atoms with van der Waals surface area (Å²) in [7, 11) is 3.67. The quantitative estimate of drug-likeness (QED) is 0.898. The monoisotopic (exact) mass is 351 g/mol. The number of benzene rings is 1. The van der Waals surface area contributed by atoms with Gasteiger partial charge in [0.1, 0.15) is 0 Å². The second kappa shape index (κ2) is 5.61. The van der Waals surface area contributed by atoms with E-state index in [1.165, 1.54) is 18.4 Å². The first kappa shape index (κ1) is 14.9. The van der Waals surface area contributed by atoms with Crippen LogP contribution in [0.3, 0.4) is 0 Å². The lowest BCUT2D eigenvalue weighted by Crippen LogP contribution is -2.24. The third-order valence-electron chi connectivity index (χ3n) is 4.43. The van der Waals surface area contributed by atoms with Gasteiger partial charge in [0.15, 0.2) is 0 Å². The predicted octanol–water partition coefficient (Wildman–Crippen LogP) is 3.09. The van der Waals surface area contributed by atoms with Crippen LogP contribution < -0.4 is 11.0 Å². The zero-order chi connectivity index (χ0) is 15.1. The van der Waals surface area contributed by atoms with E-state index in [0.29, 0.717) is 6.04 Å². The van der Waals surface area contributed by atoms with E-state index in [4.69, 9.17) is 0 Å². The van der Waals surface area contributed by atoms with Crippen molar-refractivity contribution in [1.29, 1.82) is 0 Å². The lowest BCUT2D eigenvalue weighted by molar-refractivity contribution is 0.480. The molecule has 1 aliphatic rings. The molecule has 0 amide bonds. The van der Waals surface area contributed by atoms with Crippen molar-refractivity contribution in [2.75, 3.05) is 6.54 Å². The molecule has 0 spiro atoms. The molecule has 1 aliphatic carbocycles. The van der Waals surface area contributed by atoms with Gasteiger partial charge in [-0.05, 0) is 49.4 Å². The fourth-order valence-electron chi connectivity index (χ4n) is 3.03. The maximum Gasteiger partial charge on any atom is 0.328 e. The molecule has 4 nitrogen and oxygen atoms in total. The Morgan fingerprint density at radius 3 is 2.48 bits per heavy atom. The Hall–Kier alpha value is -1.07. The standard InChI is InChI=1S/C16H22BrN3O/c1-4-7-18-15(10-5-6-10)11-8-13-14(9-12(11)17)20(3)16(21)19(13)2/h8-10,15,18H,4-7H2,1-3H3. The summed E-state index contributed by atoms with van der Waals surface area (Å²) in [5, 5.41) is 3.67. The lowest BCUT2D eigenvalue weighted by Gasteiger charge is -2.20. The number of hydrogen-bond donors (Lipinski definition) is 1. The van der Waals surface area contributed by atoms with Crippen molar-refractivity contribution in [1.82, 2.24) is 14.5 Å². The van der Waals surface area contributed by atoms with E-state index < -0.39 is 0 Å². The normalized spacial score (nSPS) is 16.6. The Morgan fingerprint density at radius 1 is 1.29 bits per heavy atom. The summed E-state index contributed by atoms with van der Waals surface area (Å²) in [5.41, 5.74) is 3.28. The first-order chi connectivity index (χ1) is 10.0. The number of hydrogen-bond acceptors (Lipinski definition) is 2. The molecule has 114 valence electrons. The molecular formula is C16H22BrN3O. The molecule has 1 aromatic heterocycles. The van der Waals surface area contributed by atoms with Gasteiger partial charge in [0, 0.05) is 24.6 Å². The lowest BCUT2D eigenvalue weighted by atomic mass is 10.0. The zero-order valence-corrected chi connectivity index (χ0v) is 14.4. The van der Waals surface area contributed by atoms with E-state index >= 15 is 0 Å². The third kappa shape index (κ3) is 2.57. The molecule has 0 aliphatic heterocycles. The third-order valence-corrected chi connectivity index (χ3v) is 5.12. The number of rotatable bonds is 5. The van der Waals surface area contributed by atoms with Crippen molar-refractivity contribution >= 4 is 27.0 Å². The molecule has 1 N–H and O–H groups in total. The van der Waals surface area contributed by atoms with Crippen LogP contribution in [0.4, 0.5) is 0 Å². The summed E-state index contributed by atoms with van der Waals surface area (Å²) in [6.07, 6.45) is 3.71. The summed E-state index contributed by atoms with van der Waals surface area (Å²) in [4.78, 5) is 12.1. The van der Waals surface area contributed by atoms with E-state index in [0.717, 1.165) is 34.4 Å². The second-order valence-electron chi connectivity index (χ2n) is 6.03. The Labute approximate surface area is 133 Å². The summed E-state index contributed by atoms with van der Waals surface area (Å²) in [5.74, 6) is 0.728. The number of halogens is 1. The van der Waals surface area contributed by atoms with Crippen LogP contribution >= 0.6 is 15.9 Å². The maximum atomic E-state index is 12.1. The van der Waals surface area contributed by atoms with E-state index in [1.807, 2.05) is 14.1 Å². The number of aryl methyl sites for hydroxylation is 2. The topological polar surface area (TPSA) is 39.0 Å². The smallest absolute Gasteiger partial charge is 0.310 e. The van der Waals surface area contributed by atoms with Crippen molar-refractivity contribution in [3.05, 3.63) is 32.7 Å².